The van der Waals surface area contributed by atoms with Crippen LogP contribution >= 0.6 is 27.3 Å². The fraction of sp³-hybridized carbons (Fsp3) is 0.100. The summed E-state index contributed by atoms with van der Waals surface area (Å²) in [4.78, 5) is 3.06. The van der Waals surface area contributed by atoms with Crippen molar-refractivity contribution in [1.82, 2.24) is 4.98 Å². The monoisotopic (exact) mass is 402 g/mol. The molecule has 0 aliphatic carbocycles. The number of aromatic nitrogens is 1. The lowest BCUT2D eigenvalue weighted by Crippen LogP contribution is -2.21. The van der Waals surface area contributed by atoms with Crippen molar-refractivity contribution in [1.29, 1.82) is 0 Å². The van der Waals surface area contributed by atoms with Crippen molar-refractivity contribution in [3.63, 3.8) is 0 Å². The molecule has 0 fully saturated rings. The Morgan fingerprint density at radius 3 is 2.62 bits per heavy atom. The highest BCUT2D eigenvalue weighted by molar-refractivity contribution is 9.10. The van der Waals surface area contributed by atoms with Crippen molar-refractivity contribution in [2.24, 2.45) is 0 Å². The topological polar surface area (TPSA) is 68.3 Å². The summed E-state index contributed by atoms with van der Waals surface area (Å²) in [6.07, 6.45) is -3.65. The summed E-state index contributed by atoms with van der Waals surface area (Å²) in [6, 6.07) is 3.21. The number of hydrogen-bond donors (Lipinski definition) is 1. The molecule has 2 aromatic rings. The third kappa shape index (κ3) is 4.32. The highest BCUT2D eigenvalue weighted by atomic mass is 79.9. The summed E-state index contributed by atoms with van der Waals surface area (Å²) < 4.78 is 67.4. The van der Waals surface area contributed by atoms with Crippen LogP contribution in [0.1, 0.15) is 0 Å². The van der Waals surface area contributed by atoms with Gasteiger partial charge in [-0.1, -0.05) is 15.9 Å². The fourth-order valence-electron chi connectivity index (χ4n) is 1.35. The molecule has 11 heteroatoms. The summed E-state index contributed by atoms with van der Waals surface area (Å²) in [5.41, 5.74) is 0. The van der Waals surface area contributed by atoms with Gasteiger partial charge in [0.15, 0.2) is 10.9 Å². The van der Waals surface area contributed by atoms with E-state index in [1.165, 1.54) is 17.6 Å². The molecule has 0 saturated carbocycles. The summed E-state index contributed by atoms with van der Waals surface area (Å²) in [6.45, 7) is 0. The van der Waals surface area contributed by atoms with Crippen LogP contribution in [0.3, 0.4) is 0 Å². The molecule has 2 rings (SSSR count). The van der Waals surface area contributed by atoms with Crippen LogP contribution in [0.15, 0.2) is 39.1 Å². The van der Waals surface area contributed by atoms with E-state index >= 15 is 0 Å². The number of anilines is 1. The Labute approximate surface area is 130 Å². The number of nitrogens with one attached hydrogen (secondary N) is 1. The van der Waals surface area contributed by atoms with E-state index in [0.29, 0.717) is 0 Å². The Hall–Kier alpha value is -1.33. The van der Waals surface area contributed by atoms with Gasteiger partial charge in [0.05, 0.1) is 0 Å². The zero-order chi connectivity index (χ0) is 15.7. The van der Waals surface area contributed by atoms with Crippen molar-refractivity contribution in [2.45, 2.75) is 11.3 Å². The highest BCUT2D eigenvalue weighted by Gasteiger charge is 2.34. The van der Waals surface area contributed by atoms with Crippen LogP contribution in [0.25, 0.3) is 0 Å². The predicted octanol–water partition coefficient (Wildman–Crippen LogP) is 3.61. The molecule has 0 atom stereocenters. The quantitative estimate of drug-likeness (QED) is 0.847. The smallest absolute Gasteiger partial charge is 0.404 e. The van der Waals surface area contributed by atoms with Gasteiger partial charge in [-0.3, -0.25) is 4.72 Å². The van der Waals surface area contributed by atoms with E-state index in [2.05, 4.69) is 30.4 Å². The summed E-state index contributed by atoms with van der Waals surface area (Å²) in [5, 5.41) is 1.56. The van der Waals surface area contributed by atoms with Gasteiger partial charge < -0.3 is 4.74 Å². The SMILES string of the molecule is O=S(=O)(Nc1nccs1)c1ccc(Br)cc1OC(F)(F)F. The second kappa shape index (κ2) is 5.81. The van der Waals surface area contributed by atoms with Crippen molar-refractivity contribution < 1.29 is 26.3 Å². The van der Waals surface area contributed by atoms with E-state index in [0.717, 1.165) is 23.5 Å². The average molecular weight is 403 g/mol. The molecular formula is C10H6BrF3N2O3S2. The first-order chi connectivity index (χ1) is 9.67. The zero-order valence-electron chi connectivity index (χ0n) is 9.89. The molecule has 1 N–H and O–H groups in total. The lowest BCUT2D eigenvalue weighted by Gasteiger charge is -2.14. The summed E-state index contributed by atoms with van der Waals surface area (Å²) in [5.74, 6) is -0.832. The number of thiazole rings is 1. The fourth-order valence-corrected chi connectivity index (χ4v) is 3.59. The summed E-state index contributed by atoms with van der Waals surface area (Å²) in [7, 11) is -4.25. The van der Waals surface area contributed by atoms with Crippen LogP contribution in [0.2, 0.25) is 0 Å². The van der Waals surface area contributed by atoms with Gasteiger partial charge in [-0.15, -0.1) is 24.5 Å². The van der Waals surface area contributed by atoms with Gasteiger partial charge >= 0.3 is 6.36 Å². The van der Waals surface area contributed by atoms with Crippen LogP contribution in [0, 0.1) is 0 Å². The number of nitrogens with zero attached hydrogens (tertiary/aromatic N) is 1. The largest absolute Gasteiger partial charge is 0.573 e. The van der Waals surface area contributed by atoms with Gasteiger partial charge in [-0.05, 0) is 18.2 Å². The van der Waals surface area contributed by atoms with Gasteiger partial charge in [0.1, 0.15) is 4.90 Å². The molecule has 0 aliphatic heterocycles. The van der Waals surface area contributed by atoms with E-state index in [1.54, 1.807) is 0 Å². The molecule has 1 aromatic carbocycles. The standard InChI is InChI=1S/C10H6BrF3N2O3S2/c11-6-1-2-8(7(5-6)19-10(12,13)14)21(17,18)16-9-15-3-4-20-9/h1-5H,(H,15,16). The molecule has 0 unspecified atom stereocenters. The molecule has 5 nitrogen and oxygen atoms in total. The lowest BCUT2D eigenvalue weighted by molar-refractivity contribution is -0.275. The van der Waals surface area contributed by atoms with Crippen molar-refractivity contribution >= 4 is 42.4 Å². The Kier molecular flexibility index (Phi) is 4.44. The number of alkyl halides is 3. The molecule has 114 valence electrons. The molecule has 0 bridgehead atoms. The Morgan fingerprint density at radius 1 is 1.33 bits per heavy atom. The molecule has 0 spiro atoms. The van der Waals surface area contributed by atoms with Crippen LogP contribution in [-0.4, -0.2) is 19.8 Å². The van der Waals surface area contributed by atoms with Crippen molar-refractivity contribution in [3.8, 4) is 5.75 Å². The van der Waals surface area contributed by atoms with E-state index in [1.807, 2.05) is 0 Å². The maximum atomic E-state index is 12.4. The molecule has 0 radical (unpaired) electrons. The molecule has 1 aromatic heterocycles. The van der Waals surface area contributed by atoms with E-state index in [-0.39, 0.29) is 9.60 Å². The molecule has 21 heavy (non-hydrogen) atoms. The highest BCUT2D eigenvalue weighted by Crippen LogP contribution is 2.33. The Balaban J connectivity index is 2.42. The van der Waals surface area contributed by atoms with Crippen molar-refractivity contribution in [2.75, 3.05) is 4.72 Å². The van der Waals surface area contributed by atoms with Gasteiger partial charge in [0.2, 0.25) is 0 Å². The number of halogens is 4. The second-order valence-corrected chi connectivity index (χ2v) is 7.04. The maximum absolute atomic E-state index is 12.4. The minimum Gasteiger partial charge on any atom is -0.404 e. The first-order valence-electron chi connectivity index (χ1n) is 5.15. The van der Waals surface area contributed by atoms with Crippen LogP contribution in [-0.2, 0) is 10.0 Å². The van der Waals surface area contributed by atoms with Crippen LogP contribution < -0.4 is 9.46 Å². The Bertz CT molecular complexity index is 733. The average Bonchev–Trinajstić information content (AvgIpc) is 2.78. The zero-order valence-corrected chi connectivity index (χ0v) is 13.1. The number of hydrogen-bond acceptors (Lipinski definition) is 5. The van der Waals surface area contributed by atoms with E-state index < -0.39 is 27.0 Å². The molecule has 0 aliphatic rings. The lowest BCUT2D eigenvalue weighted by atomic mass is 10.3. The normalized spacial score (nSPS) is 12.2. The number of rotatable bonds is 4. The predicted molar refractivity (Wildman–Crippen MR) is 73.7 cm³/mol. The molecule has 0 saturated heterocycles. The summed E-state index contributed by atoms with van der Waals surface area (Å²) >= 11 is 3.95. The second-order valence-electron chi connectivity index (χ2n) is 3.58. The van der Waals surface area contributed by atoms with E-state index in [9.17, 15) is 21.6 Å². The first kappa shape index (κ1) is 16.0. The molecule has 0 amide bonds. The van der Waals surface area contributed by atoms with Gasteiger partial charge in [-0.2, -0.15) is 0 Å². The van der Waals surface area contributed by atoms with Crippen molar-refractivity contribution in [3.05, 3.63) is 34.2 Å². The number of benzene rings is 1. The first-order valence-corrected chi connectivity index (χ1v) is 8.30. The van der Waals surface area contributed by atoms with Gasteiger partial charge in [-0.25, -0.2) is 13.4 Å². The molecular weight excluding hydrogens is 397 g/mol. The maximum Gasteiger partial charge on any atom is 0.573 e. The minimum atomic E-state index is -5.01. The third-order valence-corrected chi connectivity index (χ3v) is 4.76. The van der Waals surface area contributed by atoms with Crippen LogP contribution in [0.5, 0.6) is 5.75 Å². The Morgan fingerprint density at radius 2 is 2.05 bits per heavy atom. The van der Waals surface area contributed by atoms with E-state index in [4.69, 9.17) is 0 Å². The van der Waals surface area contributed by atoms with Gasteiger partial charge in [0.25, 0.3) is 10.0 Å². The number of sulfonamides is 1. The third-order valence-electron chi connectivity index (χ3n) is 2.07. The van der Waals surface area contributed by atoms with Gasteiger partial charge in [0, 0.05) is 16.0 Å². The number of ether oxygens (including phenoxy) is 1. The minimum absolute atomic E-state index is 0.0378. The molecule has 1 heterocycles. The van der Waals surface area contributed by atoms with Crippen LogP contribution in [0.4, 0.5) is 18.3 Å².